The van der Waals surface area contributed by atoms with Gasteiger partial charge < -0.3 is 10.2 Å². The van der Waals surface area contributed by atoms with Crippen molar-refractivity contribution < 1.29 is 18.4 Å². The van der Waals surface area contributed by atoms with Crippen LogP contribution in [0.5, 0.6) is 0 Å². The molecule has 1 heterocycles. The molecule has 18 heavy (non-hydrogen) atoms. The summed E-state index contributed by atoms with van der Waals surface area (Å²) in [5.41, 5.74) is -0.484. The van der Waals surface area contributed by atoms with Crippen LogP contribution in [-0.2, 0) is 9.59 Å². The van der Waals surface area contributed by atoms with Crippen LogP contribution in [0.3, 0.4) is 0 Å². The predicted octanol–water partition coefficient (Wildman–Crippen LogP) is 1.44. The molecule has 1 aromatic carbocycles. The summed E-state index contributed by atoms with van der Waals surface area (Å²) in [5.74, 6) is -1.69. The fraction of sp³-hybridized carbons (Fsp3) is 0.273. The molecule has 2 rings (SSSR count). The van der Waals surface area contributed by atoms with Crippen molar-refractivity contribution in [3.05, 3.63) is 29.8 Å². The van der Waals surface area contributed by atoms with E-state index in [1.165, 1.54) is 22.7 Å². The first-order valence-electron chi connectivity index (χ1n) is 5.17. The van der Waals surface area contributed by atoms with Gasteiger partial charge in [0.15, 0.2) is 0 Å². The van der Waals surface area contributed by atoms with E-state index in [9.17, 15) is 18.4 Å². The van der Waals surface area contributed by atoms with Gasteiger partial charge >= 0.3 is 0 Å². The molecule has 1 N–H and O–H groups in total. The number of benzene rings is 1. The second-order valence-corrected chi connectivity index (χ2v) is 4.67. The number of hydrogen-bond donors (Lipinski definition) is 1. The summed E-state index contributed by atoms with van der Waals surface area (Å²) in [5, 5.41) is 2.13. The largest absolute Gasteiger partial charge is 0.323 e. The summed E-state index contributed by atoms with van der Waals surface area (Å²) in [4.78, 5) is 24.2. The fourth-order valence-corrected chi connectivity index (χ4v) is 2.41. The number of nitrogens with one attached hydrogen (secondary N) is 1. The van der Waals surface area contributed by atoms with Gasteiger partial charge in [-0.25, -0.2) is 8.78 Å². The van der Waals surface area contributed by atoms with Crippen LogP contribution in [-0.4, -0.2) is 34.9 Å². The lowest BCUT2D eigenvalue weighted by atomic mass is 10.3. The lowest BCUT2D eigenvalue weighted by molar-refractivity contribution is -0.130. The van der Waals surface area contributed by atoms with E-state index in [-0.39, 0.29) is 12.5 Å². The molecule has 1 aliphatic heterocycles. The second-order valence-electron chi connectivity index (χ2n) is 3.71. The van der Waals surface area contributed by atoms with Crippen LogP contribution in [0.4, 0.5) is 14.5 Å². The zero-order valence-electron chi connectivity index (χ0n) is 9.28. The average Bonchev–Trinajstić information content (AvgIpc) is 2.70. The first-order valence-corrected chi connectivity index (χ1v) is 6.33. The van der Waals surface area contributed by atoms with Crippen molar-refractivity contribution in [1.29, 1.82) is 0 Å². The van der Waals surface area contributed by atoms with Crippen molar-refractivity contribution in [2.75, 3.05) is 23.5 Å². The molecule has 0 saturated carbocycles. The smallest absolute Gasteiger partial charge is 0.244 e. The lowest BCUT2D eigenvalue weighted by Crippen LogP contribution is -2.34. The van der Waals surface area contributed by atoms with E-state index in [1.807, 2.05) is 0 Å². The van der Waals surface area contributed by atoms with E-state index in [2.05, 4.69) is 5.32 Å². The molecule has 1 fully saturated rings. The van der Waals surface area contributed by atoms with Crippen LogP contribution < -0.4 is 5.32 Å². The number of para-hydroxylation sites is 1. The number of halogens is 2. The minimum atomic E-state index is -0.842. The van der Waals surface area contributed by atoms with Gasteiger partial charge in [-0.1, -0.05) is 6.07 Å². The van der Waals surface area contributed by atoms with Gasteiger partial charge in [-0.2, -0.15) is 0 Å². The minimum absolute atomic E-state index is 0.149. The number of nitrogens with zero attached hydrogens (tertiary/aromatic N) is 1. The number of anilines is 1. The van der Waals surface area contributed by atoms with Gasteiger partial charge in [-0.15, -0.1) is 11.8 Å². The summed E-state index contributed by atoms with van der Waals surface area (Å²) in [6, 6.07) is 3.31. The Morgan fingerprint density at radius 1 is 1.39 bits per heavy atom. The number of rotatable bonds is 3. The Morgan fingerprint density at radius 3 is 2.61 bits per heavy atom. The van der Waals surface area contributed by atoms with Crippen LogP contribution in [0.15, 0.2) is 18.2 Å². The van der Waals surface area contributed by atoms with Crippen molar-refractivity contribution >= 4 is 29.3 Å². The Balaban J connectivity index is 2.01. The maximum absolute atomic E-state index is 13.3. The van der Waals surface area contributed by atoms with Crippen molar-refractivity contribution in [3.8, 4) is 0 Å². The normalized spacial score (nSPS) is 15.0. The molecule has 0 aliphatic carbocycles. The third-order valence-electron chi connectivity index (χ3n) is 2.39. The van der Waals surface area contributed by atoms with E-state index in [0.29, 0.717) is 11.6 Å². The van der Waals surface area contributed by atoms with Crippen LogP contribution >= 0.6 is 11.8 Å². The molecular weight excluding hydrogens is 262 g/mol. The first-order chi connectivity index (χ1) is 8.58. The maximum Gasteiger partial charge on any atom is 0.244 e. The minimum Gasteiger partial charge on any atom is -0.323 e. The quantitative estimate of drug-likeness (QED) is 0.905. The molecule has 0 unspecified atom stereocenters. The third kappa shape index (κ3) is 2.79. The number of amides is 2. The highest BCUT2D eigenvalue weighted by molar-refractivity contribution is 8.00. The molecule has 0 bridgehead atoms. The van der Waals surface area contributed by atoms with Gasteiger partial charge in [0.1, 0.15) is 23.9 Å². The van der Waals surface area contributed by atoms with Gasteiger partial charge in [0.25, 0.3) is 0 Å². The zero-order valence-corrected chi connectivity index (χ0v) is 10.1. The van der Waals surface area contributed by atoms with E-state index in [1.54, 1.807) is 0 Å². The molecular formula is C11H10F2N2O2S. The molecule has 96 valence electrons. The van der Waals surface area contributed by atoms with Gasteiger partial charge in [-0.05, 0) is 12.1 Å². The maximum atomic E-state index is 13.3. The molecule has 1 saturated heterocycles. The van der Waals surface area contributed by atoms with Gasteiger partial charge in [0.2, 0.25) is 11.8 Å². The highest BCUT2D eigenvalue weighted by Crippen LogP contribution is 2.19. The topological polar surface area (TPSA) is 49.4 Å². The number of hydrogen-bond acceptors (Lipinski definition) is 3. The molecule has 0 spiro atoms. The van der Waals surface area contributed by atoms with Crippen molar-refractivity contribution in [2.24, 2.45) is 0 Å². The average molecular weight is 272 g/mol. The molecule has 2 amide bonds. The summed E-state index contributed by atoms with van der Waals surface area (Å²) >= 11 is 1.39. The summed E-state index contributed by atoms with van der Waals surface area (Å²) in [6.07, 6.45) is 0. The van der Waals surface area contributed by atoms with Gasteiger partial charge in [-0.3, -0.25) is 9.59 Å². The first kappa shape index (κ1) is 12.8. The predicted molar refractivity (Wildman–Crippen MR) is 64.0 cm³/mol. The Kier molecular flexibility index (Phi) is 3.81. The molecule has 0 atom stereocenters. The molecule has 1 aliphatic rings. The SMILES string of the molecule is O=C(CN1CSCC1=O)Nc1c(F)cccc1F. The molecule has 4 nitrogen and oxygen atoms in total. The second kappa shape index (κ2) is 5.34. The molecule has 7 heteroatoms. The number of carbonyl (C=O) groups excluding carboxylic acids is 2. The highest BCUT2D eigenvalue weighted by atomic mass is 32.2. The lowest BCUT2D eigenvalue weighted by Gasteiger charge is -2.14. The monoisotopic (exact) mass is 272 g/mol. The summed E-state index contributed by atoms with van der Waals surface area (Å²) < 4.78 is 26.5. The van der Waals surface area contributed by atoms with E-state index in [4.69, 9.17) is 0 Å². The van der Waals surface area contributed by atoms with Crippen LogP contribution in [0, 0.1) is 11.6 Å². The van der Waals surface area contributed by atoms with Gasteiger partial charge in [0.05, 0.1) is 11.6 Å². The molecule has 0 radical (unpaired) electrons. The molecule has 1 aromatic rings. The van der Waals surface area contributed by atoms with Crippen LogP contribution in [0.25, 0.3) is 0 Å². The fourth-order valence-electron chi connectivity index (χ4n) is 1.51. The highest BCUT2D eigenvalue weighted by Gasteiger charge is 2.23. The Labute approximate surface area is 106 Å². The Morgan fingerprint density at radius 2 is 2.06 bits per heavy atom. The van der Waals surface area contributed by atoms with Crippen molar-refractivity contribution in [3.63, 3.8) is 0 Å². The zero-order chi connectivity index (χ0) is 13.1. The third-order valence-corrected chi connectivity index (χ3v) is 3.33. The molecule has 0 aromatic heterocycles. The Hall–Kier alpha value is -1.63. The Bertz CT molecular complexity index is 476. The van der Waals surface area contributed by atoms with E-state index < -0.39 is 23.2 Å². The number of carbonyl (C=O) groups is 2. The summed E-state index contributed by atoms with van der Waals surface area (Å²) in [6.45, 7) is -0.195. The number of thioether (sulfide) groups is 1. The van der Waals surface area contributed by atoms with Gasteiger partial charge in [0, 0.05) is 0 Å². The van der Waals surface area contributed by atoms with E-state index >= 15 is 0 Å². The van der Waals surface area contributed by atoms with E-state index in [0.717, 1.165) is 12.1 Å². The van der Waals surface area contributed by atoms with Crippen molar-refractivity contribution in [1.82, 2.24) is 4.90 Å². The van der Waals surface area contributed by atoms with Crippen LogP contribution in [0.2, 0.25) is 0 Å². The summed E-state index contributed by atoms with van der Waals surface area (Å²) in [7, 11) is 0. The van der Waals surface area contributed by atoms with Crippen LogP contribution in [0.1, 0.15) is 0 Å². The van der Waals surface area contributed by atoms with Crippen molar-refractivity contribution in [2.45, 2.75) is 0 Å². The standard InChI is InChI=1S/C11H10F2N2O2S/c12-7-2-1-3-8(13)11(7)14-9(16)4-15-6-18-5-10(15)17/h1-3H,4-6H2,(H,14,16).